The molecule has 3 aromatic rings. The lowest BCUT2D eigenvalue weighted by Crippen LogP contribution is -2.70. The summed E-state index contributed by atoms with van der Waals surface area (Å²) in [5, 5.41) is 15.5. The van der Waals surface area contributed by atoms with Crippen LogP contribution in [0.15, 0.2) is 28.9 Å². The van der Waals surface area contributed by atoms with Gasteiger partial charge in [0.1, 0.15) is 11.9 Å². The van der Waals surface area contributed by atoms with E-state index in [2.05, 4.69) is 32.5 Å². The lowest BCUT2D eigenvalue weighted by Gasteiger charge is -2.61. The third-order valence-corrected chi connectivity index (χ3v) is 6.31. The minimum absolute atomic E-state index is 0.0690. The van der Waals surface area contributed by atoms with Crippen LogP contribution in [0.1, 0.15) is 42.8 Å². The van der Waals surface area contributed by atoms with E-state index in [0.717, 1.165) is 12.8 Å². The smallest absolute Gasteiger partial charge is 0.323 e. The number of urea groups is 1. The molecular weight excluding hydrogens is 422 g/mol. The monoisotopic (exact) mass is 441 g/mol. The largest absolute Gasteiger partial charge is 0.416 e. The van der Waals surface area contributed by atoms with Crippen molar-refractivity contribution < 1.29 is 14.0 Å². The van der Waals surface area contributed by atoms with Gasteiger partial charge in [-0.2, -0.15) is 5.10 Å². The Morgan fingerprint density at radius 3 is 2.90 bits per heavy atom. The lowest BCUT2D eigenvalue weighted by atomic mass is 9.64. The van der Waals surface area contributed by atoms with Crippen molar-refractivity contribution in [2.75, 3.05) is 5.32 Å². The van der Waals surface area contributed by atoms with Crippen LogP contribution in [-0.2, 0) is 12.6 Å². The average molecular weight is 442 g/mol. The molecule has 1 N–H and O–H groups in total. The quantitative estimate of drug-likeness (QED) is 0.617. The Morgan fingerprint density at radius 1 is 1.35 bits per heavy atom. The van der Waals surface area contributed by atoms with Crippen molar-refractivity contribution in [2.45, 2.75) is 37.8 Å². The van der Waals surface area contributed by atoms with Crippen molar-refractivity contribution in [3.8, 4) is 11.4 Å². The van der Waals surface area contributed by atoms with Gasteiger partial charge in [0, 0.05) is 30.8 Å². The predicted molar refractivity (Wildman–Crippen MR) is 110 cm³/mol. The number of aldehydes is 1. The maximum Gasteiger partial charge on any atom is 0.323 e. The Morgan fingerprint density at radius 2 is 2.19 bits per heavy atom. The Hall–Kier alpha value is -3.27. The second-order valence-corrected chi connectivity index (χ2v) is 8.64. The third-order valence-electron chi connectivity index (χ3n) is 5.98. The van der Waals surface area contributed by atoms with Crippen molar-refractivity contribution in [3.63, 3.8) is 0 Å². The molecule has 0 spiro atoms. The maximum atomic E-state index is 13.3. The van der Waals surface area contributed by atoms with Gasteiger partial charge in [-0.15, -0.1) is 10.2 Å². The van der Waals surface area contributed by atoms with Gasteiger partial charge in [-0.25, -0.2) is 9.78 Å². The summed E-state index contributed by atoms with van der Waals surface area (Å²) in [7, 11) is 1.77. The fraction of sp³-hybridized carbons (Fsp3) is 0.400. The van der Waals surface area contributed by atoms with Crippen LogP contribution in [0.2, 0.25) is 5.02 Å². The Bertz CT molecular complexity index is 1180. The lowest BCUT2D eigenvalue weighted by molar-refractivity contribution is -0.110. The van der Waals surface area contributed by atoms with E-state index < -0.39 is 5.54 Å². The highest BCUT2D eigenvalue weighted by atomic mass is 35.5. The molecule has 160 valence electrons. The summed E-state index contributed by atoms with van der Waals surface area (Å²) in [4.78, 5) is 30.3. The number of rotatable bonds is 4. The van der Waals surface area contributed by atoms with E-state index in [1.165, 1.54) is 0 Å². The van der Waals surface area contributed by atoms with E-state index >= 15 is 0 Å². The summed E-state index contributed by atoms with van der Waals surface area (Å²) < 4.78 is 7.12. The van der Waals surface area contributed by atoms with E-state index in [1.807, 2.05) is 0 Å². The van der Waals surface area contributed by atoms with Crippen LogP contribution >= 0.6 is 11.6 Å². The number of benzene rings is 1. The number of anilines is 1. The minimum atomic E-state index is -0.696. The fourth-order valence-electron chi connectivity index (χ4n) is 4.84. The van der Waals surface area contributed by atoms with Crippen LogP contribution in [0.3, 0.4) is 0 Å². The summed E-state index contributed by atoms with van der Waals surface area (Å²) in [6, 6.07) is 4.98. The highest BCUT2D eigenvalue weighted by Gasteiger charge is 2.62. The predicted octanol–water partition coefficient (Wildman–Crippen LogP) is 3.26. The molecule has 2 aromatic heterocycles. The van der Waals surface area contributed by atoms with E-state index in [-0.39, 0.29) is 18.0 Å². The number of halogens is 1. The van der Waals surface area contributed by atoms with Crippen molar-refractivity contribution in [3.05, 3.63) is 41.3 Å². The van der Waals surface area contributed by atoms with E-state index in [9.17, 15) is 9.59 Å². The summed E-state index contributed by atoms with van der Waals surface area (Å²) in [5.41, 5.74) is 0.502. The number of carbonyl (C=O) groups is 2. The number of aromatic nitrogens is 5. The van der Waals surface area contributed by atoms with Crippen LogP contribution in [0.4, 0.5) is 10.5 Å². The highest BCUT2D eigenvalue weighted by molar-refractivity contribution is 6.33. The molecule has 3 fully saturated rings. The minimum Gasteiger partial charge on any atom is -0.416 e. The van der Waals surface area contributed by atoms with Crippen molar-refractivity contribution in [1.29, 1.82) is 0 Å². The van der Waals surface area contributed by atoms with Gasteiger partial charge in [-0.3, -0.25) is 9.48 Å². The fourth-order valence-corrected chi connectivity index (χ4v) is 5.04. The molecule has 4 heterocycles. The molecule has 2 aliphatic heterocycles. The van der Waals surface area contributed by atoms with Crippen molar-refractivity contribution in [2.24, 2.45) is 13.0 Å². The molecule has 0 radical (unpaired) electrons. The highest BCUT2D eigenvalue weighted by Crippen LogP contribution is 2.55. The van der Waals surface area contributed by atoms with Gasteiger partial charge in [0.2, 0.25) is 12.2 Å². The standard InChI is InChI=1S/C20H20ClN7O3/c1-11-5-13-8-20(7-11,18-25-24-16(9-29)31-18)28(13)19(30)23-12-3-4-15(21)14(6-12)17-22-10-27(2)26-17/h3-4,6,9-11,13H,5,7-8H2,1-2H3,(H,23,30)/t11-,13?,20+/m1/s1. The second-order valence-electron chi connectivity index (χ2n) is 8.23. The van der Waals surface area contributed by atoms with Crippen LogP contribution < -0.4 is 5.32 Å². The number of hydrogen-bond acceptors (Lipinski definition) is 7. The molecule has 2 amide bonds. The molecule has 10 nitrogen and oxygen atoms in total. The summed E-state index contributed by atoms with van der Waals surface area (Å²) in [6.45, 7) is 2.14. The topological polar surface area (TPSA) is 119 Å². The summed E-state index contributed by atoms with van der Waals surface area (Å²) in [5.74, 6) is 1.09. The zero-order valence-electron chi connectivity index (χ0n) is 16.9. The first kappa shape index (κ1) is 19.7. The van der Waals surface area contributed by atoms with Gasteiger partial charge in [-0.05, 0) is 37.0 Å². The molecule has 1 aliphatic carbocycles. The average Bonchev–Trinajstić information content (AvgIpc) is 3.38. The zero-order valence-corrected chi connectivity index (χ0v) is 17.7. The molecular formula is C20H20ClN7O3. The third kappa shape index (κ3) is 3.18. The van der Waals surface area contributed by atoms with Crippen LogP contribution in [0, 0.1) is 5.92 Å². The van der Waals surface area contributed by atoms with Gasteiger partial charge in [-0.1, -0.05) is 18.5 Å². The number of piperidine rings is 1. The van der Waals surface area contributed by atoms with Crippen molar-refractivity contribution >= 4 is 29.6 Å². The maximum absolute atomic E-state index is 13.3. The molecule has 2 bridgehead atoms. The first-order valence-corrected chi connectivity index (χ1v) is 10.3. The number of carbonyl (C=O) groups excluding carboxylic acids is 2. The molecule has 1 unspecified atom stereocenters. The first-order chi connectivity index (χ1) is 14.9. The second kappa shape index (κ2) is 7.16. The molecule has 11 heteroatoms. The SMILES string of the molecule is C[C@@H]1CC2C[C@](c3nnc(C=O)o3)(C1)N2C(=O)Nc1ccc(Cl)c(-c2ncn(C)n2)c1. The zero-order chi connectivity index (χ0) is 21.8. The Balaban J connectivity index is 1.43. The van der Waals surface area contributed by atoms with Gasteiger partial charge in [0.25, 0.3) is 5.89 Å². The number of hydrogen-bond donors (Lipinski definition) is 1. The molecule has 2 saturated heterocycles. The van der Waals surface area contributed by atoms with Crippen molar-refractivity contribution in [1.82, 2.24) is 29.9 Å². The van der Waals surface area contributed by atoms with Crippen LogP contribution in [-0.4, -0.2) is 48.2 Å². The molecule has 3 atom stereocenters. The number of amides is 2. The first-order valence-electron chi connectivity index (χ1n) is 9.94. The van der Waals surface area contributed by atoms with E-state index in [4.69, 9.17) is 16.0 Å². The number of nitrogens with one attached hydrogen (secondary N) is 1. The van der Waals surface area contributed by atoms with E-state index in [0.29, 0.717) is 46.6 Å². The molecule has 31 heavy (non-hydrogen) atoms. The Labute approximate surface area is 182 Å². The summed E-state index contributed by atoms with van der Waals surface area (Å²) in [6.07, 6.45) is 4.42. The normalized spacial score (nSPS) is 24.5. The van der Waals surface area contributed by atoms with Gasteiger partial charge in [0.05, 0.1) is 5.02 Å². The van der Waals surface area contributed by atoms with Gasteiger partial charge < -0.3 is 14.6 Å². The molecule has 1 aromatic carbocycles. The molecule has 1 saturated carbocycles. The Kier molecular flexibility index (Phi) is 4.54. The van der Waals surface area contributed by atoms with Crippen LogP contribution in [0.5, 0.6) is 0 Å². The van der Waals surface area contributed by atoms with Gasteiger partial charge in [0.15, 0.2) is 5.82 Å². The number of fused-ring (bicyclic) bond motifs is 2. The molecule has 3 aliphatic rings. The van der Waals surface area contributed by atoms with E-state index in [1.54, 1.807) is 41.2 Å². The number of nitrogens with zero attached hydrogens (tertiary/aromatic N) is 6. The summed E-state index contributed by atoms with van der Waals surface area (Å²) >= 11 is 6.32. The molecule has 6 rings (SSSR count). The van der Waals surface area contributed by atoms with Crippen LogP contribution in [0.25, 0.3) is 11.4 Å². The number of aryl methyl sites for hydroxylation is 1. The van der Waals surface area contributed by atoms with Gasteiger partial charge >= 0.3 is 6.03 Å².